The Morgan fingerprint density at radius 1 is 1.42 bits per heavy atom. The number of nitrogens with zero attached hydrogens (tertiary/aromatic N) is 1. The fourth-order valence-electron chi connectivity index (χ4n) is 2.43. The van der Waals surface area contributed by atoms with Gasteiger partial charge in [0, 0.05) is 19.0 Å². The summed E-state index contributed by atoms with van der Waals surface area (Å²) in [6, 6.07) is 0.654. The van der Waals surface area contributed by atoms with Gasteiger partial charge in [0.05, 0.1) is 12.9 Å². The van der Waals surface area contributed by atoms with Crippen molar-refractivity contribution in [2.24, 2.45) is 0 Å². The van der Waals surface area contributed by atoms with Gasteiger partial charge in [-0.2, -0.15) is 0 Å². The highest BCUT2D eigenvalue weighted by molar-refractivity contribution is 5.15. The minimum atomic E-state index is -0.437. The molecule has 0 aromatic rings. The molecule has 1 heterocycles. The molecule has 0 radical (unpaired) electrons. The molecule has 108 valence electrons. The zero-order valence-corrected chi connectivity index (χ0v) is 12.2. The lowest BCUT2D eigenvalue weighted by atomic mass is 10.1. The van der Waals surface area contributed by atoms with Crippen molar-refractivity contribution in [2.45, 2.75) is 45.1 Å². The zero-order chi connectivity index (χ0) is 14.1. The van der Waals surface area contributed by atoms with Crippen LogP contribution >= 0.6 is 0 Å². The fourth-order valence-corrected chi connectivity index (χ4v) is 2.43. The van der Waals surface area contributed by atoms with Crippen molar-refractivity contribution in [2.75, 3.05) is 20.2 Å². The van der Waals surface area contributed by atoms with Crippen molar-refractivity contribution in [3.05, 3.63) is 36.4 Å². The molecule has 2 nitrogen and oxygen atoms in total. The highest BCUT2D eigenvalue weighted by atomic mass is 19.1. The van der Waals surface area contributed by atoms with Gasteiger partial charge in [-0.05, 0) is 38.5 Å². The first kappa shape index (κ1) is 16.0. The van der Waals surface area contributed by atoms with Gasteiger partial charge in [0.2, 0.25) is 0 Å². The average molecular weight is 267 g/mol. The van der Waals surface area contributed by atoms with E-state index in [9.17, 15) is 4.39 Å². The highest BCUT2D eigenvalue weighted by Gasteiger charge is 2.16. The van der Waals surface area contributed by atoms with Crippen LogP contribution in [-0.2, 0) is 4.74 Å². The predicted octanol–water partition coefficient (Wildman–Crippen LogP) is 4.21. The number of allylic oxidation sites excluding steroid dienone is 4. The molecule has 1 unspecified atom stereocenters. The Bertz CT molecular complexity index is 336. The number of ether oxygens (including phenoxy) is 1. The molecule has 0 aromatic carbocycles. The van der Waals surface area contributed by atoms with E-state index in [1.165, 1.54) is 38.3 Å². The van der Waals surface area contributed by atoms with Crippen molar-refractivity contribution >= 4 is 0 Å². The van der Waals surface area contributed by atoms with Crippen molar-refractivity contribution in [3.8, 4) is 0 Å². The normalized spacial score (nSPS) is 22.5. The second-order valence-electron chi connectivity index (χ2n) is 5.13. The second kappa shape index (κ2) is 8.92. The number of rotatable bonds is 6. The lowest BCUT2D eigenvalue weighted by Gasteiger charge is -2.26. The predicted molar refractivity (Wildman–Crippen MR) is 78.6 cm³/mol. The fraction of sp³-hybridized carbons (Fsp3) is 0.625. The minimum absolute atomic E-state index is 0.437. The average Bonchev–Trinajstić information content (AvgIpc) is 2.58. The van der Waals surface area contributed by atoms with E-state index in [0.29, 0.717) is 6.04 Å². The van der Waals surface area contributed by atoms with E-state index < -0.39 is 5.83 Å². The van der Waals surface area contributed by atoms with Crippen LogP contribution in [0.2, 0.25) is 0 Å². The Balaban J connectivity index is 2.45. The Kier molecular flexibility index (Phi) is 7.49. The third kappa shape index (κ3) is 6.58. The highest BCUT2D eigenvalue weighted by Crippen LogP contribution is 2.17. The molecule has 0 amide bonds. The molecule has 1 saturated heterocycles. The van der Waals surface area contributed by atoms with Crippen molar-refractivity contribution < 1.29 is 9.13 Å². The summed E-state index contributed by atoms with van der Waals surface area (Å²) in [5.41, 5.74) is 0. The summed E-state index contributed by atoms with van der Waals surface area (Å²) < 4.78 is 17.8. The Morgan fingerprint density at radius 3 is 2.89 bits per heavy atom. The Labute approximate surface area is 116 Å². The van der Waals surface area contributed by atoms with E-state index in [1.54, 1.807) is 13.2 Å². The maximum absolute atomic E-state index is 12.5. The van der Waals surface area contributed by atoms with E-state index in [4.69, 9.17) is 4.74 Å². The van der Waals surface area contributed by atoms with Crippen molar-refractivity contribution in [1.29, 1.82) is 0 Å². The first-order valence-electron chi connectivity index (χ1n) is 7.13. The van der Waals surface area contributed by atoms with Crippen LogP contribution in [0.15, 0.2) is 36.4 Å². The van der Waals surface area contributed by atoms with Crippen LogP contribution in [0.5, 0.6) is 0 Å². The minimum Gasteiger partial charge on any atom is -0.501 e. The lowest BCUT2D eigenvalue weighted by molar-refractivity contribution is 0.195. The van der Waals surface area contributed by atoms with Gasteiger partial charge in [0.25, 0.3) is 0 Å². The number of hydrogen-bond donors (Lipinski definition) is 0. The monoisotopic (exact) mass is 267 g/mol. The molecule has 1 fully saturated rings. The third-order valence-corrected chi connectivity index (χ3v) is 3.66. The quantitative estimate of drug-likeness (QED) is 0.528. The van der Waals surface area contributed by atoms with Crippen LogP contribution in [-0.4, -0.2) is 31.1 Å². The summed E-state index contributed by atoms with van der Waals surface area (Å²) in [6.45, 7) is 7.67. The number of methoxy groups -OCH3 is 1. The van der Waals surface area contributed by atoms with E-state index >= 15 is 0 Å². The van der Waals surface area contributed by atoms with Gasteiger partial charge in [0.15, 0.2) is 0 Å². The SMILES string of the molecule is C=C(F)/C=C\C=C(/CCN1CCCCCC1C)OC. The summed E-state index contributed by atoms with van der Waals surface area (Å²) in [5, 5.41) is 0. The third-order valence-electron chi connectivity index (χ3n) is 3.66. The Hall–Kier alpha value is -1.09. The molecular weight excluding hydrogens is 241 g/mol. The lowest BCUT2D eigenvalue weighted by Crippen LogP contribution is -2.33. The summed E-state index contributed by atoms with van der Waals surface area (Å²) in [6.07, 6.45) is 10.9. The number of hydrogen-bond acceptors (Lipinski definition) is 2. The van der Waals surface area contributed by atoms with Crippen molar-refractivity contribution in [1.82, 2.24) is 4.90 Å². The molecule has 19 heavy (non-hydrogen) atoms. The van der Waals surface area contributed by atoms with Crippen LogP contribution in [0.4, 0.5) is 4.39 Å². The zero-order valence-electron chi connectivity index (χ0n) is 12.2. The smallest absolute Gasteiger partial charge is 0.116 e. The topological polar surface area (TPSA) is 12.5 Å². The molecule has 0 saturated carbocycles. The molecule has 0 N–H and O–H groups in total. The van der Waals surface area contributed by atoms with E-state index in [2.05, 4.69) is 18.4 Å². The van der Waals surface area contributed by atoms with Crippen LogP contribution in [0.1, 0.15) is 39.0 Å². The molecule has 0 aliphatic carbocycles. The molecule has 1 aliphatic rings. The largest absolute Gasteiger partial charge is 0.501 e. The van der Waals surface area contributed by atoms with E-state index in [-0.39, 0.29) is 0 Å². The number of halogens is 1. The van der Waals surface area contributed by atoms with Gasteiger partial charge >= 0.3 is 0 Å². The van der Waals surface area contributed by atoms with E-state index in [1.807, 2.05) is 6.08 Å². The maximum atomic E-state index is 12.5. The summed E-state index contributed by atoms with van der Waals surface area (Å²) >= 11 is 0. The summed E-state index contributed by atoms with van der Waals surface area (Å²) in [7, 11) is 1.66. The molecule has 0 bridgehead atoms. The molecule has 3 heteroatoms. The standard InChI is InChI=1S/C16H26FNO/c1-14(17)8-7-10-16(19-3)11-13-18-12-6-4-5-9-15(18)2/h7-8,10,15H,1,4-6,9,11-13H2,2-3H3/b8-7-,16-10+. The molecule has 0 spiro atoms. The van der Waals surface area contributed by atoms with Gasteiger partial charge in [-0.25, -0.2) is 4.39 Å². The maximum Gasteiger partial charge on any atom is 0.116 e. The van der Waals surface area contributed by atoms with Crippen LogP contribution < -0.4 is 0 Å². The molecule has 1 atom stereocenters. The van der Waals surface area contributed by atoms with E-state index in [0.717, 1.165) is 18.7 Å². The van der Waals surface area contributed by atoms with Crippen LogP contribution in [0, 0.1) is 0 Å². The van der Waals surface area contributed by atoms with Gasteiger partial charge in [-0.3, -0.25) is 0 Å². The first-order chi connectivity index (χ1) is 9.13. The van der Waals surface area contributed by atoms with Gasteiger partial charge in [0.1, 0.15) is 5.83 Å². The first-order valence-corrected chi connectivity index (χ1v) is 7.13. The van der Waals surface area contributed by atoms with Gasteiger partial charge in [-0.1, -0.05) is 25.5 Å². The van der Waals surface area contributed by atoms with Crippen LogP contribution in [0.25, 0.3) is 0 Å². The van der Waals surface area contributed by atoms with Crippen LogP contribution in [0.3, 0.4) is 0 Å². The van der Waals surface area contributed by atoms with Gasteiger partial charge in [-0.15, -0.1) is 0 Å². The second-order valence-corrected chi connectivity index (χ2v) is 5.13. The molecule has 1 aliphatic heterocycles. The Morgan fingerprint density at radius 2 is 2.21 bits per heavy atom. The molecule has 0 aromatic heterocycles. The summed E-state index contributed by atoms with van der Waals surface area (Å²) in [5.74, 6) is 0.446. The molecular formula is C16H26FNO. The van der Waals surface area contributed by atoms with Gasteiger partial charge < -0.3 is 9.64 Å². The molecule has 1 rings (SSSR count). The summed E-state index contributed by atoms with van der Waals surface area (Å²) in [4.78, 5) is 2.53. The van der Waals surface area contributed by atoms with Crippen molar-refractivity contribution in [3.63, 3.8) is 0 Å². The number of likely N-dealkylation sites (tertiary alicyclic amines) is 1.